The first-order chi connectivity index (χ1) is 9.90. The molecular formula is C15H21N3O2S. The molecule has 21 heavy (non-hydrogen) atoms. The molecule has 0 aliphatic carbocycles. The van der Waals surface area contributed by atoms with E-state index >= 15 is 0 Å². The highest BCUT2D eigenvalue weighted by Gasteiger charge is 2.09. The van der Waals surface area contributed by atoms with Crippen LogP contribution in [0, 0.1) is 6.92 Å². The molecule has 0 saturated carbocycles. The normalized spacial score (nSPS) is 11.6. The highest BCUT2D eigenvalue weighted by molar-refractivity contribution is 7.90. The van der Waals surface area contributed by atoms with Gasteiger partial charge in [0.25, 0.3) is 0 Å². The smallest absolute Gasteiger partial charge is 0.175 e. The maximum absolute atomic E-state index is 11.6. The van der Waals surface area contributed by atoms with Crippen molar-refractivity contribution in [1.29, 1.82) is 0 Å². The van der Waals surface area contributed by atoms with E-state index in [0.717, 1.165) is 29.8 Å². The summed E-state index contributed by atoms with van der Waals surface area (Å²) in [6.45, 7) is 5.59. The molecule has 5 nitrogen and oxygen atoms in total. The summed E-state index contributed by atoms with van der Waals surface area (Å²) < 4.78 is 25.1. The predicted molar refractivity (Wildman–Crippen MR) is 84.1 cm³/mol. The predicted octanol–water partition coefficient (Wildman–Crippen LogP) is 2.62. The number of nitrogens with one attached hydrogen (secondary N) is 1. The molecule has 0 unspecified atom stereocenters. The number of aryl methyl sites for hydroxylation is 2. The van der Waals surface area contributed by atoms with Gasteiger partial charge in [0.2, 0.25) is 0 Å². The van der Waals surface area contributed by atoms with Crippen molar-refractivity contribution in [2.75, 3.05) is 11.6 Å². The quantitative estimate of drug-likeness (QED) is 0.891. The molecule has 0 aliphatic heterocycles. The van der Waals surface area contributed by atoms with Gasteiger partial charge >= 0.3 is 0 Å². The van der Waals surface area contributed by atoms with E-state index in [4.69, 9.17) is 0 Å². The molecule has 0 spiro atoms. The van der Waals surface area contributed by atoms with E-state index in [2.05, 4.69) is 17.3 Å². The standard InChI is InChI=1S/C15H21N3O2S/c1-4-7-18-11-13(10-17-18)9-16-15-8-14(21(3,19)20)6-5-12(15)2/h5-6,8,10-11,16H,4,7,9H2,1-3H3. The molecule has 1 N–H and O–H groups in total. The van der Waals surface area contributed by atoms with Gasteiger partial charge in [-0.25, -0.2) is 8.42 Å². The molecule has 114 valence electrons. The number of anilines is 1. The molecule has 0 saturated heterocycles. The van der Waals surface area contributed by atoms with Gasteiger partial charge in [0.1, 0.15) is 0 Å². The molecule has 1 heterocycles. The minimum Gasteiger partial charge on any atom is -0.381 e. The minimum absolute atomic E-state index is 0.331. The molecule has 0 aliphatic rings. The van der Waals surface area contributed by atoms with E-state index in [1.807, 2.05) is 30.1 Å². The number of rotatable bonds is 6. The van der Waals surface area contributed by atoms with E-state index in [9.17, 15) is 8.42 Å². The molecular weight excluding hydrogens is 286 g/mol. The molecule has 1 aromatic heterocycles. The number of hydrogen-bond donors (Lipinski definition) is 1. The minimum atomic E-state index is -3.18. The third kappa shape index (κ3) is 4.07. The number of nitrogens with zero attached hydrogens (tertiary/aromatic N) is 2. The monoisotopic (exact) mass is 307 g/mol. The van der Waals surface area contributed by atoms with Crippen LogP contribution in [-0.2, 0) is 22.9 Å². The van der Waals surface area contributed by atoms with Crippen molar-refractivity contribution < 1.29 is 8.42 Å². The summed E-state index contributed by atoms with van der Waals surface area (Å²) in [5, 5.41) is 7.56. The SMILES string of the molecule is CCCn1cc(CNc2cc(S(C)(=O)=O)ccc2C)cn1. The van der Waals surface area contributed by atoms with Gasteiger partial charge in [0.05, 0.1) is 11.1 Å². The van der Waals surface area contributed by atoms with E-state index in [-0.39, 0.29) is 0 Å². The van der Waals surface area contributed by atoms with Crippen LogP contribution < -0.4 is 5.32 Å². The Kier molecular flexibility index (Phi) is 4.67. The summed E-state index contributed by atoms with van der Waals surface area (Å²) in [6, 6.07) is 5.13. The lowest BCUT2D eigenvalue weighted by molar-refractivity contribution is 0.602. The Morgan fingerprint density at radius 1 is 1.33 bits per heavy atom. The summed E-state index contributed by atoms with van der Waals surface area (Å²) in [5.41, 5.74) is 2.93. The van der Waals surface area contributed by atoms with Gasteiger partial charge in [-0.05, 0) is 31.0 Å². The van der Waals surface area contributed by atoms with E-state index in [0.29, 0.717) is 11.4 Å². The number of sulfone groups is 1. The Labute approximate surface area is 125 Å². The Morgan fingerprint density at radius 2 is 2.10 bits per heavy atom. The maximum Gasteiger partial charge on any atom is 0.175 e. The van der Waals surface area contributed by atoms with Gasteiger partial charge < -0.3 is 5.32 Å². The van der Waals surface area contributed by atoms with Crippen LogP contribution in [0.5, 0.6) is 0 Å². The zero-order valence-corrected chi connectivity index (χ0v) is 13.4. The van der Waals surface area contributed by atoms with Gasteiger partial charge in [-0.15, -0.1) is 0 Å². The van der Waals surface area contributed by atoms with E-state index in [1.54, 1.807) is 12.1 Å². The van der Waals surface area contributed by atoms with Crippen molar-refractivity contribution in [3.8, 4) is 0 Å². The lowest BCUT2D eigenvalue weighted by Gasteiger charge is -2.10. The average Bonchev–Trinajstić information content (AvgIpc) is 2.84. The van der Waals surface area contributed by atoms with Gasteiger partial charge in [-0.3, -0.25) is 4.68 Å². The topological polar surface area (TPSA) is 64.0 Å². The van der Waals surface area contributed by atoms with Crippen LogP contribution in [0.25, 0.3) is 0 Å². The van der Waals surface area contributed by atoms with Crippen molar-refractivity contribution in [3.05, 3.63) is 41.7 Å². The van der Waals surface area contributed by atoms with Gasteiger partial charge in [0.15, 0.2) is 9.84 Å². The first-order valence-electron chi connectivity index (χ1n) is 6.96. The maximum atomic E-state index is 11.6. The second kappa shape index (κ2) is 6.30. The Bertz CT molecular complexity index is 720. The molecule has 0 bridgehead atoms. The second-order valence-corrected chi connectivity index (χ2v) is 7.23. The third-order valence-corrected chi connectivity index (χ3v) is 4.37. The van der Waals surface area contributed by atoms with Crippen molar-refractivity contribution in [3.63, 3.8) is 0 Å². The highest BCUT2D eigenvalue weighted by atomic mass is 32.2. The summed E-state index contributed by atoms with van der Waals surface area (Å²) in [4.78, 5) is 0.331. The van der Waals surface area contributed by atoms with E-state index < -0.39 is 9.84 Å². The third-order valence-electron chi connectivity index (χ3n) is 3.26. The fraction of sp³-hybridized carbons (Fsp3) is 0.400. The lowest BCUT2D eigenvalue weighted by Crippen LogP contribution is -2.03. The van der Waals surface area contributed by atoms with Crippen LogP contribution in [0.15, 0.2) is 35.5 Å². The number of benzene rings is 1. The summed E-state index contributed by atoms with van der Waals surface area (Å²) in [5.74, 6) is 0. The molecule has 6 heteroatoms. The molecule has 0 atom stereocenters. The Hall–Kier alpha value is -1.82. The van der Waals surface area contributed by atoms with Crippen LogP contribution in [-0.4, -0.2) is 24.5 Å². The number of hydrogen-bond acceptors (Lipinski definition) is 4. The van der Waals surface area contributed by atoms with Crippen LogP contribution in [0.1, 0.15) is 24.5 Å². The first-order valence-corrected chi connectivity index (χ1v) is 8.85. The molecule has 0 amide bonds. The van der Waals surface area contributed by atoms with Crippen molar-refractivity contribution in [2.24, 2.45) is 0 Å². The first kappa shape index (κ1) is 15.6. The van der Waals surface area contributed by atoms with E-state index in [1.165, 1.54) is 6.26 Å². The van der Waals surface area contributed by atoms with Crippen LogP contribution in [0.4, 0.5) is 5.69 Å². The van der Waals surface area contributed by atoms with Crippen molar-refractivity contribution in [1.82, 2.24) is 9.78 Å². The van der Waals surface area contributed by atoms with Gasteiger partial charge in [-0.1, -0.05) is 13.0 Å². The zero-order chi connectivity index (χ0) is 15.5. The molecule has 0 radical (unpaired) electrons. The van der Waals surface area contributed by atoms with Gasteiger partial charge in [0, 0.05) is 36.8 Å². The van der Waals surface area contributed by atoms with Crippen molar-refractivity contribution in [2.45, 2.75) is 38.3 Å². The fourth-order valence-electron chi connectivity index (χ4n) is 2.07. The fourth-order valence-corrected chi connectivity index (χ4v) is 2.72. The van der Waals surface area contributed by atoms with Crippen LogP contribution in [0.2, 0.25) is 0 Å². The number of aromatic nitrogens is 2. The van der Waals surface area contributed by atoms with Crippen LogP contribution >= 0.6 is 0 Å². The summed E-state index contributed by atoms with van der Waals surface area (Å²) in [7, 11) is -3.18. The molecule has 1 aromatic carbocycles. The second-order valence-electron chi connectivity index (χ2n) is 5.21. The Morgan fingerprint density at radius 3 is 2.76 bits per heavy atom. The zero-order valence-electron chi connectivity index (χ0n) is 12.6. The van der Waals surface area contributed by atoms with Gasteiger partial charge in [-0.2, -0.15) is 5.10 Å². The molecule has 2 rings (SSSR count). The lowest BCUT2D eigenvalue weighted by atomic mass is 10.2. The highest BCUT2D eigenvalue weighted by Crippen LogP contribution is 2.20. The average molecular weight is 307 g/mol. The van der Waals surface area contributed by atoms with Crippen molar-refractivity contribution >= 4 is 15.5 Å². The summed E-state index contributed by atoms with van der Waals surface area (Å²) in [6.07, 6.45) is 6.10. The molecule has 0 fully saturated rings. The molecule has 2 aromatic rings. The largest absolute Gasteiger partial charge is 0.381 e. The Balaban J connectivity index is 2.12. The van der Waals surface area contributed by atoms with Crippen LogP contribution in [0.3, 0.4) is 0 Å². The summed E-state index contributed by atoms with van der Waals surface area (Å²) >= 11 is 0.